The van der Waals surface area contributed by atoms with Gasteiger partial charge >= 0.3 is 0 Å². The molecule has 1 aromatic carbocycles. The average molecular weight is 322 g/mol. The first-order chi connectivity index (χ1) is 10.6. The normalized spacial score (nSPS) is 21.1. The monoisotopic (exact) mass is 322 g/mol. The van der Waals surface area contributed by atoms with Crippen molar-refractivity contribution in [3.05, 3.63) is 29.3 Å². The third-order valence-corrected chi connectivity index (χ3v) is 6.35. The number of carbonyl (C=O) groups is 1. The van der Waals surface area contributed by atoms with Crippen molar-refractivity contribution in [2.45, 2.75) is 38.5 Å². The number of rotatable bonds is 3. The first-order valence-corrected chi connectivity index (χ1v) is 9.56. The molecule has 0 aromatic heterocycles. The highest BCUT2D eigenvalue weighted by molar-refractivity contribution is 7.89. The molecule has 1 amide bonds. The third kappa shape index (κ3) is 3.33. The Hall–Kier alpha value is -1.40. The minimum absolute atomic E-state index is 0.0774. The number of hydrogen-bond donors (Lipinski definition) is 1. The first kappa shape index (κ1) is 15.5. The van der Waals surface area contributed by atoms with Gasteiger partial charge < -0.3 is 5.32 Å². The van der Waals surface area contributed by atoms with Crippen LogP contribution in [-0.2, 0) is 27.7 Å². The first-order valence-electron chi connectivity index (χ1n) is 7.95. The molecule has 1 aliphatic heterocycles. The van der Waals surface area contributed by atoms with Crippen LogP contribution in [0.25, 0.3) is 0 Å². The van der Waals surface area contributed by atoms with Gasteiger partial charge in [-0.1, -0.05) is 12.1 Å². The van der Waals surface area contributed by atoms with Crippen LogP contribution < -0.4 is 5.32 Å². The van der Waals surface area contributed by atoms with E-state index in [-0.39, 0.29) is 18.2 Å². The van der Waals surface area contributed by atoms with Gasteiger partial charge in [-0.05, 0) is 55.7 Å². The molecule has 0 atom stereocenters. The Morgan fingerprint density at radius 1 is 1.14 bits per heavy atom. The van der Waals surface area contributed by atoms with Gasteiger partial charge in [-0.25, -0.2) is 8.42 Å². The lowest BCUT2D eigenvalue weighted by molar-refractivity contribution is -0.116. The second-order valence-electron chi connectivity index (χ2n) is 6.06. The number of nitrogens with one attached hydrogen (secondary N) is 1. The standard InChI is InChI=1S/C16H22N2O3S/c19-16(12-18-10-3-4-11-22(18,20)21)17-15-9-5-7-13-6-1-2-8-14(13)15/h5,7,9H,1-4,6,8,10-12H2,(H,17,19). The Labute approximate surface area is 131 Å². The summed E-state index contributed by atoms with van der Waals surface area (Å²) in [6.07, 6.45) is 5.88. The van der Waals surface area contributed by atoms with Crippen molar-refractivity contribution in [1.29, 1.82) is 0 Å². The van der Waals surface area contributed by atoms with Crippen molar-refractivity contribution in [2.24, 2.45) is 0 Å². The lowest BCUT2D eigenvalue weighted by atomic mass is 9.90. The van der Waals surface area contributed by atoms with Crippen molar-refractivity contribution >= 4 is 21.6 Å². The SMILES string of the molecule is O=C(CN1CCCCS1(=O)=O)Nc1cccc2c1CCCC2. The minimum atomic E-state index is -3.26. The zero-order chi connectivity index (χ0) is 15.6. The van der Waals surface area contributed by atoms with Gasteiger partial charge in [0.15, 0.2) is 0 Å². The fraction of sp³-hybridized carbons (Fsp3) is 0.562. The molecule has 0 bridgehead atoms. The lowest BCUT2D eigenvalue weighted by Crippen LogP contribution is -2.42. The molecule has 1 fully saturated rings. The van der Waals surface area contributed by atoms with Crippen LogP contribution >= 0.6 is 0 Å². The average Bonchev–Trinajstić information content (AvgIpc) is 2.50. The summed E-state index contributed by atoms with van der Waals surface area (Å²) in [4.78, 5) is 12.2. The van der Waals surface area contributed by atoms with E-state index in [1.54, 1.807) is 0 Å². The van der Waals surface area contributed by atoms with Crippen LogP contribution in [0.3, 0.4) is 0 Å². The van der Waals surface area contributed by atoms with Crippen molar-refractivity contribution in [3.8, 4) is 0 Å². The Kier molecular flexibility index (Phi) is 4.49. The van der Waals surface area contributed by atoms with Crippen LogP contribution in [0.5, 0.6) is 0 Å². The van der Waals surface area contributed by atoms with E-state index in [1.165, 1.54) is 21.9 Å². The van der Waals surface area contributed by atoms with Gasteiger partial charge in [-0.2, -0.15) is 4.31 Å². The topological polar surface area (TPSA) is 66.5 Å². The summed E-state index contributed by atoms with van der Waals surface area (Å²) in [6, 6.07) is 5.98. The second-order valence-corrected chi connectivity index (χ2v) is 8.14. The molecule has 1 heterocycles. The number of carbonyl (C=O) groups excluding carboxylic acids is 1. The fourth-order valence-electron chi connectivity index (χ4n) is 3.27. The summed E-state index contributed by atoms with van der Waals surface area (Å²) in [5.74, 6) is -0.0921. The molecule has 120 valence electrons. The summed E-state index contributed by atoms with van der Waals surface area (Å²) >= 11 is 0. The van der Waals surface area contributed by atoms with E-state index in [0.29, 0.717) is 13.0 Å². The van der Waals surface area contributed by atoms with Crippen LogP contribution in [0.2, 0.25) is 0 Å². The lowest BCUT2D eigenvalue weighted by Gasteiger charge is -2.26. The highest BCUT2D eigenvalue weighted by Crippen LogP contribution is 2.27. The largest absolute Gasteiger partial charge is 0.325 e. The number of nitrogens with zero attached hydrogens (tertiary/aromatic N) is 1. The van der Waals surface area contributed by atoms with Crippen molar-refractivity contribution in [3.63, 3.8) is 0 Å². The molecule has 0 spiro atoms. The molecular formula is C16H22N2O3S. The predicted octanol–water partition coefficient (Wildman–Crippen LogP) is 1.93. The Morgan fingerprint density at radius 3 is 2.77 bits per heavy atom. The molecule has 0 unspecified atom stereocenters. The summed E-state index contributed by atoms with van der Waals surface area (Å²) in [5, 5.41) is 2.91. The van der Waals surface area contributed by atoms with E-state index in [1.807, 2.05) is 12.1 Å². The van der Waals surface area contributed by atoms with Gasteiger partial charge in [0.25, 0.3) is 0 Å². The highest BCUT2D eigenvalue weighted by Gasteiger charge is 2.27. The maximum atomic E-state index is 12.2. The summed E-state index contributed by atoms with van der Waals surface area (Å²) in [5.41, 5.74) is 3.36. The molecule has 3 rings (SSSR count). The molecular weight excluding hydrogens is 300 g/mol. The second kappa shape index (κ2) is 6.38. The molecule has 0 radical (unpaired) electrons. The van der Waals surface area contributed by atoms with E-state index in [2.05, 4.69) is 11.4 Å². The number of anilines is 1. The molecule has 1 saturated heterocycles. The molecule has 22 heavy (non-hydrogen) atoms. The van der Waals surface area contributed by atoms with E-state index in [0.717, 1.165) is 31.4 Å². The van der Waals surface area contributed by atoms with Gasteiger partial charge in [-0.3, -0.25) is 4.79 Å². The van der Waals surface area contributed by atoms with E-state index in [9.17, 15) is 13.2 Å². The van der Waals surface area contributed by atoms with Crippen LogP contribution in [0.4, 0.5) is 5.69 Å². The van der Waals surface area contributed by atoms with Crippen molar-refractivity contribution in [1.82, 2.24) is 4.31 Å². The zero-order valence-electron chi connectivity index (χ0n) is 12.7. The highest BCUT2D eigenvalue weighted by atomic mass is 32.2. The Morgan fingerprint density at radius 2 is 1.95 bits per heavy atom. The number of benzene rings is 1. The fourth-order valence-corrected chi connectivity index (χ4v) is 4.81. The molecule has 1 N–H and O–H groups in total. The molecule has 1 aliphatic carbocycles. The minimum Gasteiger partial charge on any atom is -0.325 e. The number of amides is 1. The molecule has 6 heteroatoms. The van der Waals surface area contributed by atoms with Crippen molar-refractivity contribution in [2.75, 3.05) is 24.2 Å². The van der Waals surface area contributed by atoms with Gasteiger partial charge in [0.2, 0.25) is 15.9 Å². The number of fused-ring (bicyclic) bond motifs is 1. The van der Waals surface area contributed by atoms with Crippen LogP contribution in [-0.4, -0.2) is 37.5 Å². The number of aryl methyl sites for hydroxylation is 1. The van der Waals surface area contributed by atoms with E-state index >= 15 is 0 Å². The molecule has 2 aliphatic rings. The summed E-state index contributed by atoms with van der Waals surface area (Å²) < 4.78 is 25.2. The maximum Gasteiger partial charge on any atom is 0.239 e. The quantitative estimate of drug-likeness (QED) is 0.924. The molecule has 1 aromatic rings. The number of sulfonamides is 1. The van der Waals surface area contributed by atoms with E-state index < -0.39 is 10.0 Å². The van der Waals surface area contributed by atoms with Crippen molar-refractivity contribution < 1.29 is 13.2 Å². The number of hydrogen-bond acceptors (Lipinski definition) is 3. The Bertz CT molecular complexity index is 670. The van der Waals surface area contributed by atoms with Gasteiger partial charge in [0.1, 0.15) is 0 Å². The zero-order valence-corrected chi connectivity index (χ0v) is 13.5. The smallest absolute Gasteiger partial charge is 0.239 e. The van der Waals surface area contributed by atoms with Crippen LogP contribution in [0.15, 0.2) is 18.2 Å². The van der Waals surface area contributed by atoms with Gasteiger partial charge in [-0.15, -0.1) is 0 Å². The van der Waals surface area contributed by atoms with E-state index in [4.69, 9.17) is 0 Å². The molecule has 0 saturated carbocycles. The van der Waals surface area contributed by atoms with Gasteiger partial charge in [0.05, 0.1) is 12.3 Å². The van der Waals surface area contributed by atoms with Crippen LogP contribution in [0, 0.1) is 0 Å². The molecule has 5 nitrogen and oxygen atoms in total. The van der Waals surface area contributed by atoms with Crippen LogP contribution in [0.1, 0.15) is 36.8 Å². The van der Waals surface area contributed by atoms with Gasteiger partial charge in [0, 0.05) is 12.2 Å². The maximum absolute atomic E-state index is 12.2. The predicted molar refractivity (Wildman–Crippen MR) is 86.3 cm³/mol. The Balaban J connectivity index is 1.70. The third-order valence-electron chi connectivity index (χ3n) is 4.44. The summed E-state index contributed by atoms with van der Waals surface area (Å²) in [6.45, 7) is 0.370. The summed E-state index contributed by atoms with van der Waals surface area (Å²) in [7, 11) is -3.26.